The molecule has 1 heterocycles. The number of thiazole rings is 1. The molecule has 0 saturated heterocycles. The summed E-state index contributed by atoms with van der Waals surface area (Å²) in [6, 6.07) is 14.7. The zero-order valence-electron chi connectivity index (χ0n) is 15.2. The maximum absolute atomic E-state index is 12.2. The standard InChI is InChI=1S/C21H22N2OS2/c1-14-4-7-17(8-5-14)25-11-10-20(24)23-21-22-19(13-26-21)18-9-6-15(2)12-16(18)3/h4-9,12-13H,10-11H2,1-3H3,(H,22,23,24). The van der Waals surface area contributed by atoms with Crippen LogP contribution in [0.3, 0.4) is 0 Å². The number of thioether (sulfide) groups is 1. The summed E-state index contributed by atoms with van der Waals surface area (Å²) in [6.45, 7) is 6.24. The predicted octanol–water partition coefficient (Wildman–Crippen LogP) is 5.86. The highest BCUT2D eigenvalue weighted by atomic mass is 32.2. The highest BCUT2D eigenvalue weighted by molar-refractivity contribution is 7.99. The van der Waals surface area contributed by atoms with Crippen molar-refractivity contribution < 1.29 is 4.79 Å². The molecule has 5 heteroatoms. The fourth-order valence-electron chi connectivity index (χ4n) is 2.63. The summed E-state index contributed by atoms with van der Waals surface area (Å²) in [4.78, 5) is 17.9. The fourth-order valence-corrected chi connectivity index (χ4v) is 4.21. The van der Waals surface area contributed by atoms with Gasteiger partial charge in [0.05, 0.1) is 5.69 Å². The van der Waals surface area contributed by atoms with Gasteiger partial charge < -0.3 is 5.32 Å². The Bertz CT molecular complexity index is 901. The highest BCUT2D eigenvalue weighted by Crippen LogP contribution is 2.28. The molecule has 26 heavy (non-hydrogen) atoms. The van der Waals surface area contributed by atoms with E-state index < -0.39 is 0 Å². The lowest BCUT2D eigenvalue weighted by Gasteiger charge is -2.04. The lowest BCUT2D eigenvalue weighted by molar-refractivity contribution is -0.115. The van der Waals surface area contributed by atoms with Gasteiger partial charge in [-0.2, -0.15) is 0 Å². The maximum Gasteiger partial charge on any atom is 0.226 e. The molecule has 2 aromatic carbocycles. The second-order valence-corrected chi connectivity index (χ2v) is 8.34. The van der Waals surface area contributed by atoms with Gasteiger partial charge in [0.1, 0.15) is 0 Å². The Morgan fingerprint density at radius 2 is 1.81 bits per heavy atom. The van der Waals surface area contributed by atoms with Gasteiger partial charge in [0.25, 0.3) is 0 Å². The number of rotatable bonds is 6. The van der Waals surface area contributed by atoms with Gasteiger partial charge in [-0.05, 0) is 38.5 Å². The highest BCUT2D eigenvalue weighted by Gasteiger charge is 2.10. The number of carbonyl (C=O) groups is 1. The lowest BCUT2D eigenvalue weighted by Crippen LogP contribution is -2.11. The normalized spacial score (nSPS) is 10.7. The number of anilines is 1. The molecule has 0 aliphatic rings. The second-order valence-electron chi connectivity index (χ2n) is 6.32. The average Bonchev–Trinajstić information content (AvgIpc) is 3.04. The molecule has 0 saturated carbocycles. The number of carbonyl (C=O) groups excluding carboxylic acids is 1. The topological polar surface area (TPSA) is 42.0 Å². The molecule has 3 nitrogen and oxygen atoms in total. The Kier molecular flexibility index (Phi) is 6.12. The van der Waals surface area contributed by atoms with Crippen LogP contribution in [0.4, 0.5) is 5.13 Å². The summed E-state index contributed by atoms with van der Waals surface area (Å²) in [5, 5.41) is 5.57. The number of nitrogens with zero attached hydrogens (tertiary/aromatic N) is 1. The van der Waals surface area contributed by atoms with Gasteiger partial charge in [-0.1, -0.05) is 41.5 Å². The van der Waals surface area contributed by atoms with Gasteiger partial charge in [-0.3, -0.25) is 4.79 Å². The summed E-state index contributed by atoms with van der Waals surface area (Å²) < 4.78 is 0. The Morgan fingerprint density at radius 3 is 2.54 bits per heavy atom. The first kappa shape index (κ1) is 18.7. The number of aromatic nitrogens is 1. The molecular formula is C21H22N2OS2. The number of aryl methyl sites for hydroxylation is 3. The zero-order valence-corrected chi connectivity index (χ0v) is 16.8. The fraction of sp³-hybridized carbons (Fsp3) is 0.238. The smallest absolute Gasteiger partial charge is 0.226 e. The van der Waals surface area contributed by atoms with Crippen LogP contribution in [0.25, 0.3) is 11.3 Å². The van der Waals surface area contributed by atoms with Crippen molar-refractivity contribution >= 4 is 34.1 Å². The molecule has 0 unspecified atom stereocenters. The molecule has 1 amide bonds. The minimum Gasteiger partial charge on any atom is -0.302 e. The largest absolute Gasteiger partial charge is 0.302 e. The van der Waals surface area contributed by atoms with Gasteiger partial charge in [0, 0.05) is 28.0 Å². The SMILES string of the molecule is Cc1ccc(SCCC(=O)Nc2nc(-c3ccc(C)cc3C)cs2)cc1. The van der Waals surface area contributed by atoms with Crippen LogP contribution in [0.15, 0.2) is 52.7 Å². The molecule has 3 aromatic rings. The summed E-state index contributed by atoms with van der Waals surface area (Å²) in [6.07, 6.45) is 0.469. The molecule has 0 aliphatic carbocycles. The van der Waals surface area contributed by atoms with Crippen molar-refractivity contribution in [1.29, 1.82) is 0 Å². The third kappa shape index (κ3) is 4.96. The van der Waals surface area contributed by atoms with E-state index in [9.17, 15) is 4.79 Å². The van der Waals surface area contributed by atoms with E-state index in [4.69, 9.17) is 0 Å². The van der Waals surface area contributed by atoms with Crippen LogP contribution in [0, 0.1) is 20.8 Å². The summed E-state index contributed by atoms with van der Waals surface area (Å²) >= 11 is 3.16. The Labute approximate surface area is 162 Å². The number of amides is 1. The molecule has 1 N–H and O–H groups in total. The third-order valence-electron chi connectivity index (χ3n) is 4.03. The first-order valence-corrected chi connectivity index (χ1v) is 10.4. The second kappa shape index (κ2) is 8.52. The molecule has 0 aliphatic heterocycles. The van der Waals surface area contributed by atoms with Crippen molar-refractivity contribution in [3.8, 4) is 11.3 Å². The number of hydrogen-bond donors (Lipinski definition) is 1. The Morgan fingerprint density at radius 1 is 1.08 bits per heavy atom. The van der Waals surface area contributed by atoms with Crippen molar-refractivity contribution in [3.05, 3.63) is 64.5 Å². The van der Waals surface area contributed by atoms with Crippen molar-refractivity contribution in [3.63, 3.8) is 0 Å². The van der Waals surface area contributed by atoms with Gasteiger partial charge in [-0.25, -0.2) is 4.98 Å². The number of benzene rings is 2. The van der Waals surface area contributed by atoms with Crippen LogP contribution in [-0.2, 0) is 4.79 Å². The third-order valence-corrected chi connectivity index (χ3v) is 5.80. The van der Waals surface area contributed by atoms with Crippen LogP contribution in [-0.4, -0.2) is 16.6 Å². The van der Waals surface area contributed by atoms with Crippen LogP contribution < -0.4 is 5.32 Å². The van der Waals surface area contributed by atoms with E-state index in [1.165, 1.54) is 32.9 Å². The van der Waals surface area contributed by atoms with E-state index in [1.54, 1.807) is 11.8 Å². The van der Waals surface area contributed by atoms with Crippen molar-refractivity contribution in [2.75, 3.05) is 11.1 Å². The van der Waals surface area contributed by atoms with E-state index in [-0.39, 0.29) is 5.91 Å². The zero-order chi connectivity index (χ0) is 18.5. The molecule has 0 fully saturated rings. The first-order valence-electron chi connectivity index (χ1n) is 8.54. The summed E-state index contributed by atoms with van der Waals surface area (Å²) in [5.74, 6) is 0.760. The molecule has 0 atom stereocenters. The Hall–Kier alpha value is -2.11. The summed E-state index contributed by atoms with van der Waals surface area (Å²) in [7, 11) is 0. The number of hydrogen-bond acceptors (Lipinski definition) is 4. The minimum atomic E-state index is 0.00568. The molecular weight excluding hydrogens is 360 g/mol. The van der Waals surface area contributed by atoms with Crippen molar-refractivity contribution in [2.45, 2.75) is 32.1 Å². The molecule has 0 radical (unpaired) electrons. The summed E-state index contributed by atoms with van der Waals surface area (Å²) in [5.41, 5.74) is 5.71. The van der Waals surface area contributed by atoms with E-state index in [0.29, 0.717) is 11.6 Å². The van der Waals surface area contributed by atoms with Crippen LogP contribution in [0.1, 0.15) is 23.1 Å². The van der Waals surface area contributed by atoms with Crippen molar-refractivity contribution in [1.82, 2.24) is 4.98 Å². The predicted molar refractivity (Wildman–Crippen MR) is 112 cm³/mol. The minimum absolute atomic E-state index is 0.00568. The lowest BCUT2D eigenvalue weighted by atomic mass is 10.0. The van der Waals surface area contributed by atoms with Crippen LogP contribution >= 0.6 is 23.1 Å². The van der Waals surface area contributed by atoms with E-state index in [2.05, 4.69) is 73.5 Å². The Balaban J connectivity index is 1.53. The van der Waals surface area contributed by atoms with Crippen LogP contribution in [0.5, 0.6) is 0 Å². The van der Waals surface area contributed by atoms with Gasteiger partial charge in [-0.15, -0.1) is 23.1 Å². The van der Waals surface area contributed by atoms with Gasteiger partial charge in [0.15, 0.2) is 5.13 Å². The first-order chi connectivity index (χ1) is 12.5. The monoisotopic (exact) mass is 382 g/mol. The average molecular weight is 383 g/mol. The molecule has 0 bridgehead atoms. The number of nitrogens with one attached hydrogen (secondary N) is 1. The van der Waals surface area contributed by atoms with E-state index >= 15 is 0 Å². The van der Waals surface area contributed by atoms with E-state index in [1.807, 2.05) is 5.38 Å². The van der Waals surface area contributed by atoms with Crippen molar-refractivity contribution in [2.24, 2.45) is 0 Å². The van der Waals surface area contributed by atoms with Gasteiger partial charge in [0.2, 0.25) is 5.91 Å². The molecule has 134 valence electrons. The van der Waals surface area contributed by atoms with E-state index in [0.717, 1.165) is 17.0 Å². The molecule has 0 spiro atoms. The maximum atomic E-state index is 12.2. The van der Waals surface area contributed by atoms with Gasteiger partial charge >= 0.3 is 0 Å². The molecule has 1 aromatic heterocycles. The quantitative estimate of drug-likeness (QED) is 0.543. The van der Waals surface area contributed by atoms with Crippen LogP contribution in [0.2, 0.25) is 0 Å². The molecule has 3 rings (SSSR count).